The van der Waals surface area contributed by atoms with Crippen LogP contribution in [0.1, 0.15) is 16.1 Å². The number of nitrogens with zero attached hydrogens (tertiary/aromatic N) is 2. The summed E-state index contributed by atoms with van der Waals surface area (Å²) in [5, 5.41) is 7.25. The minimum absolute atomic E-state index is 0. The highest BCUT2D eigenvalue weighted by Crippen LogP contribution is 2.43. The van der Waals surface area contributed by atoms with Crippen LogP contribution in [0.15, 0.2) is 30.3 Å². The SMILES string of the molecule is COC(=O)[C@@]12COC[C@@H]1CN(C(=O)c1c(-c3ccccc3)n[nH]c1C)C2.Cl. The number of fused-ring (bicyclic) bond motifs is 1. The third-order valence-corrected chi connectivity index (χ3v) is 5.46. The average molecular weight is 392 g/mol. The number of nitrogens with one attached hydrogen (secondary N) is 1. The van der Waals surface area contributed by atoms with E-state index in [1.165, 1.54) is 7.11 Å². The molecule has 144 valence electrons. The number of carbonyl (C=O) groups excluding carboxylic acids is 2. The van der Waals surface area contributed by atoms with Crippen molar-refractivity contribution in [2.75, 3.05) is 33.4 Å². The molecular weight excluding hydrogens is 370 g/mol. The third kappa shape index (κ3) is 3.00. The lowest BCUT2D eigenvalue weighted by Gasteiger charge is -2.24. The molecule has 0 spiro atoms. The van der Waals surface area contributed by atoms with Crippen LogP contribution in [-0.2, 0) is 14.3 Å². The van der Waals surface area contributed by atoms with Gasteiger partial charge in [-0.05, 0) is 6.92 Å². The van der Waals surface area contributed by atoms with E-state index in [1.54, 1.807) is 4.90 Å². The van der Waals surface area contributed by atoms with Crippen LogP contribution in [0.2, 0.25) is 0 Å². The van der Waals surface area contributed by atoms with Crippen molar-refractivity contribution in [3.8, 4) is 11.3 Å². The maximum absolute atomic E-state index is 13.3. The van der Waals surface area contributed by atoms with Crippen molar-refractivity contribution in [3.05, 3.63) is 41.6 Å². The quantitative estimate of drug-likeness (QED) is 0.809. The van der Waals surface area contributed by atoms with E-state index in [0.29, 0.717) is 43.3 Å². The van der Waals surface area contributed by atoms with Gasteiger partial charge in [0.1, 0.15) is 11.1 Å². The fourth-order valence-electron chi connectivity index (χ4n) is 4.04. The number of likely N-dealkylation sites (tertiary alicyclic amines) is 1. The maximum atomic E-state index is 13.3. The van der Waals surface area contributed by atoms with Gasteiger partial charge in [-0.1, -0.05) is 30.3 Å². The zero-order chi connectivity index (χ0) is 18.3. The fourth-order valence-corrected chi connectivity index (χ4v) is 4.04. The van der Waals surface area contributed by atoms with E-state index in [0.717, 1.165) is 5.56 Å². The molecule has 1 aromatic heterocycles. The number of H-pyrrole nitrogens is 1. The number of rotatable bonds is 3. The molecule has 2 aliphatic heterocycles. The summed E-state index contributed by atoms with van der Waals surface area (Å²) >= 11 is 0. The Labute approximate surface area is 163 Å². The average Bonchev–Trinajstić information content (AvgIpc) is 3.33. The number of hydrogen-bond acceptors (Lipinski definition) is 5. The molecule has 2 fully saturated rings. The normalized spacial score (nSPS) is 23.6. The summed E-state index contributed by atoms with van der Waals surface area (Å²) in [4.78, 5) is 27.4. The second kappa shape index (κ2) is 7.32. The van der Waals surface area contributed by atoms with Crippen LogP contribution in [0.3, 0.4) is 0 Å². The van der Waals surface area contributed by atoms with Crippen molar-refractivity contribution in [3.63, 3.8) is 0 Å². The lowest BCUT2D eigenvalue weighted by Crippen LogP contribution is -2.41. The summed E-state index contributed by atoms with van der Waals surface area (Å²) in [6, 6.07) is 9.60. The van der Waals surface area contributed by atoms with Gasteiger partial charge in [-0.15, -0.1) is 12.4 Å². The summed E-state index contributed by atoms with van der Waals surface area (Å²) in [7, 11) is 1.38. The first-order valence-corrected chi connectivity index (χ1v) is 8.62. The van der Waals surface area contributed by atoms with Crippen LogP contribution >= 0.6 is 12.4 Å². The fraction of sp³-hybridized carbons (Fsp3) is 0.421. The molecule has 2 saturated heterocycles. The van der Waals surface area contributed by atoms with Gasteiger partial charge in [0.15, 0.2) is 0 Å². The first-order chi connectivity index (χ1) is 12.6. The zero-order valence-corrected chi connectivity index (χ0v) is 16.0. The Morgan fingerprint density at radius 2 is 2.07 bits per heavy atom. The van der Waals surface area contributed by atoms with E-state index in [1.807, 2.05) is 37.3 Å². The predicted molar refractivity (Wildman–Crippen MR) is 101 cm³/mol. The lowest BCUT2D eigenvalue weighted by atomic mass is 9.81. The Morgan fingerprint density at radius 3 is 2.78 bits per heavy atom. The molecule has 0 radical (unpaired) electrons. The lowest BCUT2D eigenvalue weighted by molar-refractivity contribution is -0.153. The van der Waals surface area contributed by atoms with Gasteiger partial charge in [-0.3, -0.25) is 14.7 Å². The highest BCUT2D eigenvalue weighted by atomic mass is 35.5. The van der Waals surface area contributed by atoms with Gasteiger partial charge in [0.2, 0.25) is 0 Å². The molecule has 0 saturated carbocycles. The van der Waals surface area contributed by atoms with Crippen LogP contribution in [0.5, 0.6) is 0 Å². The zero-order valence-electron chi connectivity index (χ0n) is 15.2. The van der Waals surface area contributed by atoms with Crippen molar-refractivity contribution in [1.29, 1.82) is 0 Å². The molecule has 0 aliphatic carbocycles. The van der Waals surface area contributed by atoms with Gasteiger partial charge in [0.25, 0.3) is 5.91 Å². The smallest absolute Gasteiger partial charge is 0.316 e. The molecule has 27 heavy (non-hydrogen) atoms. The van der Waals surface area contributed by atoms with Crippen LogP contribution in [-0.4, -0.2) is 60.4 Å². The molecule has 7 nitrogen and oxygen atoms in total. The second-order valence-electron chi connectivity index (χ2n) is 6.98. The number of esters is 1. The molecule has 3 heterocycles. The summed E-state index contributed by atoms with van der Waals surface area (Å²) < 4.78 is 10.5. The van der Waals surface area contributed by atoms with Gasteiger partial charge >= 0.3 is 5.97 Å². The van der Waals surface area contributed by atoms with Gasteiger partial charge in [-0.25, -0.2) is 0 Å². The van der Waals surface area contributed by atoms with Crippen LogP contribution < -0.4 is 0 Å². The largest absolute Gasteiger partial charge is 0.468 e. The Kier molecular flexibility index (Phi) is 5.26. The van der Waals surface area contributed by atoms with Crippen molar-refractivity contribution < 1.29 is 19.1 Å². The summed E-state index contributed by atoms with van der Waals surface area (Å²) in [6.07, 6.45) is 0. The molecule has 2 aromatic rings. The van der Waals surface area contributed by atoms with Crippen molar-refractivity contribution in [2.45, 2.75) is 6.92 Å². The van der Waals surface area contributed by atoms with E-state index in [4.69, 9.17) is 9.47 Å². The third-order valence-electron chi connectivity index (χ3n) is 5.46. The first-order valence-electron chi connectivity index (χ1n) is 8.62. The number of aromatic amines is 1. The minimum Gasteiger partial charge on any atom is -0.468 e. The number of amides is 1. The second-order valence-corrected chi connectivity index (χ2v) is 6.98. The van der Waals surface area contributed by atoms with Gasteiger partial charge in [-0.2, -0.15) is 5.10 Å². The van der Waals surface area contributed by atoms with Crippen molar-refractivity contribution in [1.82, 2.24) is 15.1 Å². The number of ether oxygens (including phenoxy) is 2. The van der Waals surface area contributed by atoms with Crippen molar-refractivity contribution >= 4 is 24.3 Å². The highest BCUT2D eigenvalue weighted by molar-refractivity contribution is 6.01. The number of methoxy groups -OCH3 is 1. The Balaban J connectivity index is 0.00000210. The molecule has 4 rings (SSSR count). The van der Waals surface area contributed by atoms with Crippen LogP contribution in [0.4, 0.5) is 0 Å². The Hall–Kier alpha value is -2.38. The van der Waals surface area contributed by atoms with E-state index in [2.05, 4.69) is 10.2 Å². The van der Waals surface area contributed by atoms with E-state index in [-0.39, 0.29) is 30.2 Å². The molecule has 2 aliphatic rings. The van der Waals surface area contributed by atoms with E-state index in [9.17, 15) is 9.59 Å². The summed E-state index contributed by atoms with van der Waals surface area (Å²) in [6.45, 7) is 3.39. The molecule has 2 atom stereocenters. The number of aryl methyl sites for hydroxylation is 1. The molecule has 1 amide bonds. The number of aromatic nitrogens is 2. The van der Waals surface area contributed by atoms with Gasteiger partial charge in [0.05, 0.1) is 25.9 Å². The number of carbonyl (C=O) groups is 2. The monoisotopic (exact) mass is 391 g/mol. The first kappa shape index (κ1) is 19.4. The molecule has 0 unspecified atom stereocenters. The number of halogens is 1. The summed E-state index contributed by atoms with van der Waals surface area (Å²) in [5.74, 6) is -0.457. The van der Waals surface area contributed by atoms with Crippen LogP contribution in [0.25, 0.3) is 11.3 Å². The Morgan fingerprint density at radius 1 is 1.33 bits per heavy atom. The standard InChI is InChI=1S/C19H21N3O4.ClH/c1-12-15(16(21-20-12)13-6-4-3-5-7-13)17(23)22-8-14-9-26-11-19(14,10-22)18(24)25-2;/h3-7,14H,8-11H2,1-2H3,(H,20,21);1H/t14-,19-;/m0./s1. The molecule has 0 bridgehead atoms. The minimum atomic E-state index is -0.755. The number of benzene rings is 1. The van der Waals surface area contributed by atoms with Gasteiger partial charge < -0.3 is 14.4 Å². The highest BCUT2D eigenvalue weighted by Gasteiger charge is 2.58. The number of hydrogen-bond donors (Lipinski definition) is 1. The van der Waals surface area contributed by atoms with E-state index >= 15 is 0 Å². The predicted octanol–water partition coefficient (Wildman–Crippen LogP) is 2.07. The van der Waals surface area contributed by atoms with Crippen molar-refractivity contribution in [2.24, 2.45) is 11.3 Å². The topological polar surface area (TPSA) is 84.5 Å². The molecule has 8 heteroatoms. The Bertz CT molecular complexity index is 854. The summed E-state index contributed by atoms with van der Waals surface area (Å²) in [5.41, 5.74) is 2.03. The maximum Gasteiger partial charge on any atom is 0.316 e. The molecular formula is C19H22ClN3O4. The van der Waals surface area contributed by atoms with Gasteiger partial charge in [0, 0.05) is 30.3 Å². The molecule has 1 aromatic carbocycles. The van der Waals surface area contributed by atoms with E-state index < -0.39 is 5.41 Å². The molecule has 1 N–H and O–H groups in total. The van der Waals surface area contributed by atoms with Crippen LogP contribution in [0, 0.1) is 18.3 Å².